The van der Waals surface area contributed by atoms with Crippen LogP contribution in [-0.2, 0) is 11.3 Å². The first-order valence-electron chi connectivity index (χ1n) is 8.12. The van der Waals surface area contributed by atoms with Gasteiger partial charge in [-0.1, -0.05) is 0 Å². The van der Waals surface area contributed by atoms with Crippen LogP contribution in [0.4, 0.5) is 14.6 Å². The summed E-state index contributed by atoms with van der Waals surface area (Å²) in [5, 5.41) is 7.67. The van der Waals surface area contributed by atoms with Crippen molar-refractivity contribution < 1.29 is 13.5 Å². The summed E-state index contributed by atoms with van der Waals surface area (Å²) in [5.74, 6) is -1.18. The highest BCUT2D eigenvalue weighted by Gasteiger charge is 2.34. The predicted octanol–water partition coefficient (Wildman–Crippen LogP) is 3.71. The van der Waals surface area contributed by atoms with E-state index in [1.54, 1.807) is 11.8 Å². The molecule has 3 rings (SSSR count). The third-order valence-electron chi connectivity index (χ3n) is 4.21. The highest BCUT2D eigenvalue weighted by atomic mass is 19.3. The Hall–Kier alpha value is -2.02. The van der Waals surface area contributed by atoms with Crippen LogP contribution in [0.25, 0.3) is 5.82 Å². The summed E-state index contributed by atoms with van der Waals surface area (Å²) in [4.78, 5) is 4.58. The summed E-state index contributed by atoms with van der Waals surface area (Å²) in [6, 6.07) is 5.73. The summed E-state index contributed by atoms with van der Waals surface area (Å²) in [6.07, 6.45) is 2.58. The number of halogens is 2. The normalized spacial score (nSPS) is 17.8. The number of hydrogen-bond donors (Lipinski definition) is 1. The molecule has 2 heterocycles. The Morgan fingerprint density at radius 1 is 1.33 bits per heavy atom. The molecule has 1 aliphatic carbocycles. The number of aromatic nitrogens is 3. The Labute approximate surface area is 140 Å². The minimum absolute atomic E-state index is 0.0159. The zero-order valence-corrected chi connectivity index (χ0v) is 13.9. The molecule has 0 aromatic carbocycles. The molecule has 130 valence electrons. The number of nitrogens with zero attached hydrogens (tertiary/aromatic N) is 3. The van der Waals surface area contributed by atoms with Crippen LogP contribution < -0.4 is 5.32 Å². The average Bonchev–Trinajstić information content (AvgIpc) is 2.96. The molecule has 0 bridgehead atoms. The quantitative estimate of drug-likeness (QED) is 0.904. The lowest BCUT2D eigenvalue weighted by molar-refractivity contribution is -0.0361. The standard InChI is InChI=1S/C17H22F2N4O/c1-12-5-8-23(22-12)16-10-13(11-24-2)9-15(21-16)20-14-3-6-17(18,19)7-4-14/h5,8-10,14H,3-4,6-7,11H2,1-2H3,(H,20,21). The molecule has 2 aromatic rings. The van der Waals surface area contributed by atoms with Crippen molar-refractivity contribution >= 4 is 5.82 Å². The molecule has 1 N–H and O–H groups in total. The Kier molecular flexibility index (Phi) is 4.80. The monoisotopic (exact) mass is 336 g/mol. The van der Waals surface area contributed by atoms with Gasteiger partial charge in [-0.15, -0.1) is 0 Å². The number of ether oxygens (including phenoxy) is 1. The fraction of sp³-hybridized carbons (Fsp3) is 0.529. The van der Waals surface area contributed by atoms with E-state index in [9.17, 15) is 8.78 Å². The zero-order valence-electron chi connectivity index (χ0n) is 13.9. The van der Waals surface area contributed by atoms with Crippen LogP contribution >= 0.6 is 0 Å². The van der Waals surface area contributed by atoms with Crippen molar-refractivity contribution in [1.82, 2.24) is 14.8 Å². The number of methoxy groups -OCH3 is 1. The maximum atomic E-state index is 13.3. The van der Waals surface area contributed by atoms with E-state index in [2.05, 4.69) is 15.4 Å². The molecule has 24 heavy (non-hydrogen) atoms. The second kappa shape index (κ2) is 6.84. The highest BCUT2D eigenvalue weighted by Crippen LogP contribution is 2.34. The van der Waals surface area contributed by atoms with E-state index in [4.69, 9.17) is 4.74 Å². The molecule has 0 saturated heterocycles. The lowest BCUT2D eigenvalue weighted by atomic mass is 9.92. The summed E-state index contributed by atoms with van der Waals surface area (Å²) in [6.45, 7) is 2.37. The summed E-state index contributed by atoms with van der Waals surface area (Å²) < 4.78 is 33.5. The van der Waals surface area contributed by atoms with Gasteiger partial charge in [0.1, 0.15) is 5.82 Å². The molecule has 2 aromatic heterocycles. The van der Waals surface area contributed by atoms with Crippen LogP contribution in [0.3, 0.4) is 0 Å². The second-order valence-electron chi connectivity index (χ2n) is 6.33. The summed E-state index contributed by atoms with van der Waals surface area (Å²) in [7, 11) is 1.63. The van der Waals surface area contributed by atoms with Crippen molar-refractivity contribution in [3.05, 3.63) is 35.7 Å². The first-order chi connectivity index (χ1) is 11.4. The number of anilines is 1. The number of pyridine rings is 1. The van der Waals surface area contributed by atoms with E-state index in [1.807, 2.05) is 31.3 Å². The van der Waals surface area contributed by atoms with Crippen LogP contribution in [-0.4, -0.2) is 33.8 Å². The smallest absolute Gasteiger partial charge is 0.248 e. The molecule has 0 spiro atoms. The average molecular weight is 336 g/mol. The van der Waals surface area contributed by atoms with Crippen molar-refractivity contribution in [3.8, 4) is 5.82 Å². The number of alkyl halides is 2. The van der Waals surface area contributed by atoms with Gasteiger partial charge in [-0.2, -0.15) is 5.10 Å². The lowest BCUT2D eigenvalue weighted by Crippen LogP contribution is -2.32. The molecule has 0 aliphatic heterocycles. The molecule has 0 unspecified atom stereocenters. The molecule has 1 fully saturated rings. The van der Waals surface area contributed by atoms with Crippen molar-refractivity contribution in [3.63, 3.8) is 0 Å². The third-order valence-corrected chi connectivity index (χ3v) is 4.21. The van der Waals surface area contributed by atoms with Crippen molar-refractivity contribution in [2.75, 3.05) is 12.4 Å². The van der Waals surface area contributed by atoms with Gasteiger partial charge in [0, 0.05) is 32.2 Å². The number of rotatable bonds is 5. The predicted molar refractivity (Wildman–Crippen MR) is 87.6 cm³/mol. The van der Waals surface area contributed by atoms with E-state index in [0.29, 0.717) is 31.1 Å². The van der Waals surface area contributed by atoms with Gasteiger partial charge in [0.2, 0.25) is 5.92 Å². The fourth-order valence-corrected chi connectivity index (χ4v) is 2.95. The largest absolute Gasteiger partial charge is 0.380 e. The zero-order chi connectivity index (χ0) is 17.2. The van der Waals surface area contributed by atoms with Gasteiger partial charge in [-0.05, 0) is 43.5 Å². The van der Waals surface area contributed by atoms with Gasteiger partial charge in [0.25, 0.3) is 0 Å². The highest BCUT2D eigenvalue weighted by molar-refractivity contribution is 5.44. The lowest BCUT2D eigenvalue weighted by Gasteiger charge is -2.29. The van der Waals surface area contributed by atoms with Crippen LogP contribution in [0.2, 0.25) is 0 Å². The van der Waals surface area contributed by atoms with Gasteiger partial charge in [-0.3, -0.25) is 0 Å². The van der Waals surface area contributed by atoms with Gasteiger partial charge in [0.15, 0.2) is 5.82 Å². The maximum Gasteiger partial charge on any atom is 0.248 e. The van der Waals surface area contributed by atoms with Gasteiger partial charge in [0.05, 0.1) is 12.3 Å². The molecule has 5 nitrogen and oxygen atoms in total. The molecular weight excluding hydrogens is 314 g/mol. The van der Waals surface area contributed by atoms with Gasteiger partial charge >= 0.3 is 0 Å². The molecular formula is C17H22F2N4O. The van der Waals surface area contributed by atoms with Gasteiger partial charge < -0.3 is 10.1 Å². The van der Waals surface area contributed by atoms with Crippen LogP contribution in [0, 0.1) is 6.92 Å². The Morgan fingerprint density at radius 2 is 2.08 bits per heavy atom. The van der Waals surface area contributed by atoms with E-state index in [-0.39, 0.29) is 18.9 Å². The fourth-order valence-electron chi connectivity index (χ4n) is 2.95. The molecule has 1 saturated carbocycles. The minimum atomic E-state index is -2.53. The Balaban J connectivity index is 1.80. The first kappa shape index (κ1) is 16.8. The number of hydrogen-bond acceptors (Lipinski definition) is 4. The topological polar surface area (TPSA) is 52.0 Å². The Morgan fingerprint density at radius 3 is 2.71 bits per heavy atom. The third kappa shape index (κ3) is 4.08. The molecule has 1 aliphatic rings. The first-order valence-corrected chi connectivity index (χ1v) is 8.12. The van der Waals surface area contributed by atoms with Crippen molar-refractivity contribution in [1.29, 1.82) is 0 Å². The number of nitrogens with one attached hydrogen (secondary N) is 1. The second-order valence-corrected chi connectivity index (χ2v) is 6.33. The van der Waals surface area contributed by atoms with Crippen LogP contribution in [0.15, 0.2) is 24.4 Å². The minimum Gasteiger partial charge on any atom is -0.380 e. The SMILES string of the molecule is COCc1cc(NC2CCC(F)(F)CC2)nc(-n2ccc(C)n2)c1. The maximum absolute atomic E-state index is 13.3. The van der Waals surface area contributed by atoms with Gasteiger partial charge in [-0.25, -0.2) is 18.4 Å². The van der Waals surface area contributed by atoms with Crippen LogP contribution in [0.5, 0.6) is 0 Å². The summed E-state index contributed by atoms with van der Waals surface area (Å²) in [5.41, 5.74) is 1.86. The molecule has 7 heteroatoms. The molecule has 0 atom stereocenters. The Bertz CT molecular complexity index is 692. The molecule has 0 radical (unpaired) electrons. The van der Waals surface area contributed by atoms with E-state index in [1.165, 1.54) is 0 Å². The van der Waals surface area contributed by atoms with E-state index >= 15 is 0 Å². The summed E-state index contributed by atoms with van der Waals surface area (Å²) >= 11 is 0. The molecule has 0 amide bonds. The van der Waals surface area contributed by atoms with E-state index < -0.39 is 5.92 Å². The number of aryl methyl sites for hydroxylation is 1. The van der Waals surface area contributed by atoms with Crippen molar-refractivity contribution in [2.24, 2.45) is 0 Å². The van der Waals surface area contributed by atoms with Crippen LogP contribution in [0.1, 0.15) is 36.9 Å². The van der Waals surface area contributed by atoms with Crippen molar-refractivity contribution in [2.45, 2.75) is 51.2 Å². The van der Waals surface area contributed by atoms with E-state index in [0.717, 1.165) is 11.3 Å².